The first-order valence-corrected chi connectivity index (χ1v) is 6.95. The predicted molar refractivity (Wildman–Crippen MR) is 74.2 cm³/mol. The van der Waals surface area contributed by atoms with Crippen molar-refractivity contribution in [2.75, 3.05) is 11.1 Å². The summed E-state index contributed by atoms with van der Waals surface area (Å²) in [7, 11) is 0. The van der Waals surface area contributed by atoms with Crippen LogP contribution in [0.15, 0.2) is 40.0 Å². The Labute approximate surface area is 115 Å². The van der Waals surface area contributed by atoms with Gasteiger partial charge in [0.2, 0.25) is 11.8 Å². The van der Waals surface area contributed by atoms with Crippen molar-refractivity contribution in [3.63, 3.8) is 0 Å². The number of thioether (sulfide) groups is 1. The van der Waals surface area contributed by atoms with Crippen LogP contribution in [0.3, 0.4) is 0 Å². The summed E-state index contributed by atoms with van der Waals surface area (Å²) >= 11 is 1.23. The lowest BCUT2D eigenvalue weighted by Gasteiger charge is -2.02. The van der Waals surface area contributed by atoms with Gasteiger partial charge in [-0.05, 0) is 12.1 Å². The van der Waals surface area contributed by atoms with Crippen LogP contribution in [0.2, 0.25) is 0 Å². The van der Waals surface area contributed by atoms with Gasteiger partial charge in [0.1, 0.15) is 0 Å². The first kappa shape index (κ1) is 13.6. The van der Waals surface area contributed by atoms with Gasteiger partial charge in [-0.25, -0.2) is 0 Å². The van der Waals surface area contributed by atoms with Crippen molar-refractivity contribution < 1.29 is 9.21 Å². The Morgan fingerprint density at radius 1 is 1.32 bits per heavy atom. The molecule has 0 aliphatic heterocycles. The van der Waals surface area contributed by atoms with E-state index in [1.807, 2.05) is 44.2 Å². The third-order valence-corrected chi connectivity index (χ3v) is 3.12. The van der Waals surface area contributed by atoms with Crippen LogP contribution in [0.4, 0.5) is 5.69 Å². The Morgan fingerprint density at radius 2 is 2.05 bits per heavy atom. The quantitative estimate of drug-likeness (QED) is 0.851. The number of carbonyl (C=O) groups excluding carboxylic acids is 1. The van der Waals surface area contributed by atoms with E-state index in [2.05, 4.69) is 15.5 Å². The molecule has 1 heterocycles. The van der Waals surface area contributed by atoms with Crippen LogP contribution in [0.5, 0.6) is 0 Å². The van der Waals surface area contributed by atoms with E-state index in [4.69, 9.17) is 4.42 Å². The number of para-hydroxylation sites is 1. The molecule has 6 heteroatoms. The van der Waals surface area contributed by atoms with Gasteiger partial charge in [0, 0.05) is 11.6 Å². The lowest BCUT2D eigenvalue weighted by molar-refractivity contribution is -0.113. The SMILES string of the molecule is CC(C)c1nnc(SCC(=O)Nc2ccccc2)o1. The maximum absolute atomic E-state index is 11.7. The number of carbonyl (C=O) groups is 1. The molecule has 0 atom stereocenters. The van der Waals surface area contributed by atoms with Crippen molar-refractivity contribution in [1.82, 2.24) is 10.2 Å². The maximum atomic E-state index is 11.7. The monoisotopic (exact) mass is 277 g/mol. The number of hydrogen-bond donors (Lipinski definition) is 1. The minimum atomic E-state index is -0.0968. The molecule has 1 aromatic heterocycles. The van der Waals surface area contributed by atoms with Gasteiger partial charge >= 0.3 is 0 Å². The summed E-state index contributed by atoms with van der Waals surface area (Å²) in [6.45, 7) is 3.95. The van der Waals surface area contributed by atoms with E-state index < -0.39 is 0 Å². The summed E-state index contributed by atoms with van der Waals surface area (Å²) in [5.41, 5.74) is 0.779. The Kier molecular flexibility index (Phi) is 4.57. The fourth-order valence-electron chi connectivity index (χ4n) is 1.36. The van der Waals surface area contributed by atoms with Crippen LogP contribution >= 0.6 is 11.8 Å². The summed E-state index contributed by atoms with van der Waals surface area (Å²) < 4.78 is 5.41. The summed E-state index contributed by atoms with van der Waals surface area (Å²) in [4.78, 5) is 11.7. The minimum Gasteiger partial charge on any atom is -0.416 e. The first-order valence-electron chi connectivity index (χ1n) is 5.96. The molecule has 1 amide bonds. The number of aromatic nitrogens is 2. The van der Waals surface area contributed by atoms with Gasteiger partial charge in [-0.15, -0.1) is 10.2 Å². The summed E-state index contributed by atoms with van der Waals surface area (Å²) in [5.74, 6) is 0.931. The van der Waals surface area contributed by atoms with Crippen molar-refractivity contribution >= 4 is 23.4 Å². The average molecular weight is 277 g/mol. The van der Waals surface area contributed by atoms with E-state index in [1.54, 1.807) is 0 Å². The zero-order valence-corrected chi connectivity index (χ0v) is 11.6. The lowest BCUT2D eigenvalue weighted by Crippen LogP contribution is -2.13. The van der Waals surface area contributed by atoms with E-state index in [9.17, 15) is 4.79 Å². The highest BCUT2D eigenvalue weighted by Gasteiger charge is 2.11. The third kappa shape index (κ3) is 4.10. The van der Waals surface area contributed by atoms with E-state index in [0.717, 1.165) is 5.69 Å². The standard InChI is InChI=1S/C13H15N3O2S/c1-9(2)12-15-16-13(18-12)19-8-11(17)14-10-6-4-3-5-7-10/h3-7,9H,8H2,1-2H3,(H,14,17). The summed E-state index contributed by atoms with van der Waals surface area (Å²) in [6.07, 6.45) is 0. The van der Waals surface area contributed by atoms with Crippen LogP contribution in [-0.4, -0.2) is 21.9 Å². The smallest absolute Gasteiger partial charge is 0.277 e. The zero-order valence-electron chi connectivity index (χ0n) is 10.8. The lowest BCUT2D eigenvalue weighted by atomic mass is 10.2. The highest BCUT2D eigenvalue weighted by molar-refractivity contribution is 7.99. The normalized spacial score (nSPS) is 10.7. The third-order valence-electron chi connectivity index (χ3n) is 2.30. The van der Waals surface area contributed by atoms with Crippen molar-refractivity contribution in [2.45, 2.75) is 25.0 Å². The van der Waals surface area contributed by atoms with E-state index in [0.29, 0.717) is 11.1 Å². The van der Waals surface area contributed by atoms with Gasteiger partial charge in [0.05, 0.1) is 5.75 Å². The molecule has 0 radical (unpaired) electrons. The van der Waals surface area contributed by atoms with E-state index in [1.165, 1.54) is 11.8 Å². The molecule has 100 valence electrons. The molecule has 5 nitrogen and oxygen atoms in total. The predicted octanol–water partition coefficient (Wildman–Crippen LogP) is 2.92. The molecule has 0 fully saturated rings. The molecule has 1 aromatic carbocycles. The van der Waals surface area contributed by atoms with Gasteiger partial charge < -0.3 is 9.73 Å². The largest absolute Gasteiger partial charge is 0.416 e. The number of hydrogen-bond acceptors (Lipinski definition) is 5. The number of rotatable bonds is 5. The molecule has 0 saturated carbocycles. The topological polar surface area (TPSA) is 68.0 Å². The van der Waals surface area contributed by atoms with Crippen molar-refractivity contribution in [1.29, 1.82) is 0 Å². The van der Waals surface area contributed by atoms with Crippen molar-refractivity contribution in [3.8, 4) is 0 Å². The second-order valence-corrected chi connectivity index (χ2v) is 5.19. The molecular formula is C13H15N3O2S. The van der Waals surface area contributed by atoms with Gasteiger partial charge in [0.15, 0.2) is 0 Å². The minimum absolute atomic E-state index is 0.0968. The number of nitrogens with zero attached hydrogens (tertiary/aromatic N) is 2. The van der Waals surface area contributed by atoms with Crippen LogP contribution in [0.1, 0.15) is 25.7 Å². The van der Waals surface area contributed by atoms with Crippen LogP contribution in [0.25, 0.3) is 0 Å². The van der Waals surface area contributed by atoms with Crippen LogP contribution in [-0.2, 0) is 4.79 Å². The molecule has 0 aliphatic rings. The Balaban J connectivity index is 1.83. The molecule has 0 unspecified atom stereocenters. The van der Waals surface area contributed by atoms with Crippen molar-refractivity contribution in [2.24, 2.45) is 0 Å². The zero-order chi connectivity index (χ0) is 13.7. The Bertz CT molecular complexity index is 540. The maximum Gasteiger partial charge on any atom is 0.277 e. The fourth-order valence-corrected chi connectivity index (χ4v) is 1.93. The van der Waals surface area contributed by atoms with Gasteiger partial charge in [-0.2, -0.15) is 0 Å². The molecular weight excluding hydrogens is 262 g/mol. The van der Waals surface area contributed by atoms with Crippen LogP contribution < -0.4 is 5.32 Å². The number of anilines is 1. The highest BCUT2D eigenvalue weighted by Crippen LogP contribution is 2.20. The average Bonchev–Trinajstić information content (AvgIpc) is 2.86. The van der Waals surface area contributed by atoms with Gasteiger partial charge in [-0.1, -0.05) is 43.8 Å². The molecule has 2 aromatic rings. The number of amides is 1. The fraction of sp³-hybridized carbons (Fsp3) is 0.308. The highest BCUT2D eigenvalue weighted by atomic mass is 32.2. The second kappa shape index (κ2) is 6.38. The molecule has 0 spiro atoms. The van der Waals surface area contributed by atoms with E-state index >= 15 is 0 Å². The Morgan fingerprint density at radius 3 is 2.68 bits per heavy atom. The molecule has 1 N–H and O–H groups in total. The second-order valence-electron chi connectivity index (χ2n) is 4.26. The summed E-state index contributed by atoms with van der Waals surface area (Å²) in [6, 6.07) is 9.32. The first-order chi connectivity index (χ1) is 9.15. The number of nitrogens with one attached hydrogen (secondary N) is 1. The van der Waals surface area contributed by atoms with Crippen molar-refractivity contribution in [3.05, 3.63) is 36.2 Å². The molecule has 19 heavy (non-hydrogen) atoms. The number of benzene rings is 1. The van der Waals surface area contributed by atoms with Gasteiger partial charge in [0.25, 0.3) is 5.22 Å². The summed E-state index contributed by atoms with van der Waals surface area (Å²) in [5, 5.41) is 11.0. The van der Waals surface area contributed by atoms with Crippen LogP contribution in [0, 0.1) is 0 Å². The molecule has 0 aliphatic carbocycles. The molecule has 0 bridgehead atoms. The Hall–Kier alpha value is -1.82. The molecule has 0 saturated heterocycles. The van der Waals surface area contributed by atoms with E-state index in [-0.39, 0.29) is 17.6 Å². The molecule has 2 rings (SSSR count). The van der Waals surface area contributed by atoms with Gasteiger partial charge in [-0.3, -0.25) is 4.79 Å².